The number of rotatable bonds is 7. The van der Waals surface area contributed by atoms with Crippen LogP contribution < -0.4 is 19.5 Å². The first-order chi connectivity index (χ1) is 17.4. The van der Waals surface area contributed by atoms with Crippen molar-refractivity contribution in [2.75, 3.05) is 32.4 Å². The Morgan fingerprint density at radius 3 is 2.22 bits per heavy atom. The number of nitrogens with one attached hydrogen (secondary N) is 1. The van der Waals surface area contributed by atoms with E-state index in [0.717, 1.165) is 5.56 Å². The average Bonchev–Trinajstić information content (AvgIpc) is 3.34. The van der Waals surface area contributed by atoms with E-state index in [1.165, 1.54) is 50.1 Å². The van der Waals surface area contributed by atoms with Crippen LogP contribution in [0.4, 0.5) is 10.1 Å². The first kappa shape index (κ1) is 25.4. The van der Waals surface area contributed by atoms with Crippen LogP contribution >= 0.6 is 11.8 Å². The van der Waals surface area contributed by atoms with Crippen LogP contribution in [0.1, 0.15) is 26.9 Å². The lowest BCUT2D eigenvalue weighted by Gasteiger charge is -2.29. The Morgan fingerprint density at radius 2 is 1.64 bits per heavy atom. The van der Waals surface area contributed by atoms with Gasteiger partial charge in [-0.2, -0.15) is 0 Å². The lowest BCUT2D eigenvalue weighted by atomic mass is 10.1. The zero-order valence-electron chi connectivity index (χ0n) is 20.4. The van der Waals surface area contributed by atoms with Crippen LogP contribution in [0, 0.1) is 12.7 Å². The van der Waals surface area contributed by atoms with Crippen LogP contribution in [-0.2, 0) is 4.79 Å². The van der Waals surface area contributed by atoms with Crippen LogP contribution in [-0.4, -0.2) is 49.8 Å². The zero-order valence-corrected chi connectivity index (χ0v) is 21.2. The fourth-order valence-electron chi connectivity index (χ4n) is 4.09. The molecule has 1 N–H and O–H groups in total. The lowest BCUT2D eigenvalue weighted by molar-refractivity contribution is -0.119. The van der Waals surface area contributed by atoms with Crippen LogP contribution in [0.15, 0.2) is 60.7 Å². The molecular formula is C27H27FN2O5S. The molecule has 3 aromatic carbocycles. The number of aryl methyl sites for hydroxylation is 1. The van der Waals surface area contributed by atoms with Gasteiger partial charge in [-0.25, -0.2) is 4.39 Å². The maximum absolute atomic E-state index is 14.1. The van der Waals surface area contributed by atoms with E-state index in [-0.39, 0.29) is 11.5 Å². The minimum Gasteiger partial charge on any atom is -0.493 e. The van der Waals surface area contributed by atoms with E-state index in [1.54, 1.807) is 24.3 Å². The molecule has 2 unspecified atom stereocenters. The van der Waals surface area contributed by atoms with Crippen molar-refractivity contribution in [3.05, 3.63) is 83.2 Å². The van der Waals surface area contributed by atoms with Crippen molar-refractivity contribution in [1.82, 2.24) is 4.90 Å². The van der Waals surface area contributed by atoms with Gasteiger partial charge in [0.2, 0.25) is 11.7 Å². The molecule has 0 aromatic heterocycles. The number of nitrogens with zero attached hydrogens (tertiary/aromatic N) is 1. The molecule has 0 bridgehead atoms. The highest BCUT2D eigenvalue weighted by Gasteiger charge is 2.43. The summed E-state index contributed by atoms with van der Waals surface area (Å²) >= 11 is 1.40. The predicted octanol–water partition coefficient (Wildman–Crippen LogP) is 5.06. The largest absolute Gasteiger partial charge is 0.493 e. The summed E-state index contributed by atoms with van der Waals surface area (Å²) in [5, 5.41) is 2.34. The smallest absolute Gasteiger partial charge is 0.256 e. The molecule has 0 aliphatic carbocycles. The summed E-state index contributed by atoms with van der Waals surface area (Å²) in [7, 11) is 4.40. The van der Waals surface area contributed by atoms with Gasteiger partial charge >= 0.3 is 0 Å². The normalized spacial score (nSPS) is 17.0. The van der Waals surface area contributed by atoms with Crippen molar-refractivity contribution >= 4 is 29.3 Å². The average molecular weight is 511 g/mol. The molecule has 1 heterocycles. The molecule has 0 spiro atoms. The number of carbonyl (C=O) groups is 2. The third-order valence-corrected chi connectivity index (χ3v) is 7.23. The van der Waals surface area contributed by atoms with Gasteiger partial charge in [-0.15, -0.1) is 11.8 Å². The van der Waals surface area contributed by atoms with Crippen molar-refractivity contribution in [3.8, 4) is 17.2 Å². The Hall–Kier alpha value is -3.72. The molecule has 1 fully saturated rings. The van der Waals surface area contributed by atoms with Gasteiger partial charge in [-0.05, 0) is 48.9 Å². The van der Waals surface area contributed by atoms with Crippen LogP contribution in [0.25, 0.3) is 0 Å². The Morgan fingerprint density at radius 1 is 0.972 bits per heavy atom. The summed E-state index contributed by atoms with van der Waals surface area (Å²) in [6.07, 6.45) is 0. The van der Waals surface area contributed by atoms with E-state index >= 15 is 0 Å². The standard InChI is InChI=1S/C27H27FN2O5S/c1-16-8-10-20(11-9-16)29-25(31)21-15-36-27(17-6-5-7-19(28)12-17)30(21)26(32)18-13-22(33-2)24(35-4)23(14-18)34-3/h5-14,21,27H,15H2,1-4H3,(H,29,31). The first-order valence-corrected chi connectivity index (χ1v) is 12.3. The number of carbonyl (C=O) groups excluding carboxylic acids is 2. The number of halogens is 1. The lowest BCUT2D eigenvalue weighted by Crippen LogP contribution is -2.45. The van der Waals surface area contributed by atoms with Gasteiger partial charge in [-0.1, -0.05) is 29.8 Å². The molecule has 0 radical (unpaired) electrons. The van der Waals surface area contributed by atoms with Gasteiger partial charge in [-0.3, -0.25) is 9.59 Å². The number of anilines is 1. The molecule has 4 rings (SSSR count). The highest BCUT2D eigenvalue weighted by molar-refractivity contribution is 7.99. The summed E-state index contributed by atoms with van der Waals surface area (Å²) in [5.41, 5.74) is 2.53. The fraction of sp³-hybridized carbons (Fsp3) is 0.259. The second-order valence-corrected chi connectivity index (χ2v) is 9.35. The van der Waals surface area contributed by atoms with E-state index in [2.05, 4.69) is 5.32 Å². The molecule has 3 aromatic rings. The van der Waals surface area contributed by atoms with Crippen LogP contribution in [0.5, 0.6) is 17.2 Å². The number of benzene rings is 3. The molecule has 188 valence electrons. The molecule has 1 saturated heterocycles. The minimum absolute atomic E-state index is 0.251. The molecule has 9 heteroatoms. The fourth-order valence-corrected chi connectivity index (χ4v) is 5.51. The Bertz CT molecular complexity index is 1240. The molecule has 2 atom stereocenters. The third-order valence-electron chi connectivity index (χ3n) is 5.90. The monoisotopic (exact) mass is 510 g/mol. The quantitative estimate of drug-likeness (QED) is 0.479. The molecule has 36 heavy (non-hydrogen) atoms. The van der Waals surface area contributed by atoms with Gasteiger partial charge in [0.15, 0.2) is 11.5 Å². The van der Waals surface area contributed by atoms with Crippen LogP contribution in [0.3, 0.4) is 0 Å². The van der Waals surface area contributed by atoms with Gasteiger partial charge in [0.25, 0.3) is 5.91 Å². The second kappa shape index (κ2) is 10.9. The molecule has 0 saturated carbocycles. The Balaban J connectivity index is 1.73. The Kier molecular flexibility index (Phi) is 7.69. The van der Waals surface area contributed by atoms with Gasteiger partial charge in [0.05, 0.1) is 21.3 Å². The van der Waals surface area contributed by atoms with Crippen molar-refractivity contribution in [3.63, 3.8) is 0 Å². The number of amides is 2. The summed E-state index contributed by atoms with van der Waals surface area (Å²) in [6, 6.07) is 15.8. The topological polar surface area (TPSA) is 77.1 Å². The highest BCUT2D eigenvalue weighted by Crippen LogP contribution is 2.44. The summed E-state index contributed by atoms with van der Waals surface area (Å²) < 4.78 is 30.3. The predicted molar refractivity (Wildman–Crippen MR) is 137 cm³/mol. The maximum Gasteiger partial charge on any atom is 0.256 e. The van der Waals surface area contributed by atoms with Crippen molar-refractivity contribution in [2.45, 2.75) is 18.3 Å². The number of hydrogen-bond donors (Lipinski definition) is 1. The molecule has 2 amide bonds. The summed E-state index contributed by atoms with van der Waals surface area (Å²) in [4.78, 5) is 28.8. The second-order valence-electron chi connectivity index (χ2n) is 8.24. The maximum atomic E-state index is 14.1. The SMILES string of the molecule is COc1cc(C(=O)N2C(C(=O)Nc3ccc(C)cc3)CSC2c2cccc(F)c2)cc(OC)c1OC. The van der Waals surface area contributed by atoms with E-state index in [4.69, 9.17) is 14.2 Å². The first-order valence-electron chi connectivity index (χ1n) is 11.2. The van der Waals surface area contributed by atoms with E-state index in [1.807, 2.05) is 31.2 Å². The van der Waals surface area contributed by atoms with Gasteiger partial charge < -0.3 is 24.4 Å². The van der Waals surface area contributed by atoms with Crippen molar-refractivity contribution in [2.24, 2.45) is 0 Å². The number of ether oxygens (including phenoxy) is 3. The number of thioether (sulfide) groups is 1. The summed E-state index contributed by atoms with van der Waals surface area (Å²) in [5.74, 6) is 0.159. The van der Waals surface area contributed by atoms with E-state index < -0.39 is 23.1 Å². The van der Waals surface area contributed by atoms with Gasteiger partial charge in [0, 0.05) is 17.0 Å². The van der Waals surface area contributed by atoms with Gasteiger partial charge in [0.1, 0.15) is 17.2 Å². The number of methoxy groups -OCH3 is 3. The van der Waals surface area contributed by atoms with E-state index in [0.29, 0.717) is 34.3 Å². The molecule has 1 aliphatic rings. The molecular weight excluding hydrogens is 483 g/mol. The summed E-state index contributed by atoms with van der Waals surface area (Å²) in [6.45, 7) is 1.96. The zero-order chi connectivity index (χ0) is 25.8. The Labute approximate surface area is 213 Å². The van der Waals surface area contributed by atoms with Crippen molar-refractivity contribution in [1.29, 1.82) is 0 Å². The van der Waals surface area contributed by atoms with Crippen molar-refractivity contribution < 1.29 is 28.2 Å². The number of hydrogen-bond acceptors (Lipinski definition) is 6. The highest BCUT2D eigenvalue weighted by atomic mass is 32.2. The van der Waals surface area contributed by atoms with Crippen LogP contribution in [0.2, 0.25) is 0 Å². The molecule has 1 aliphatic heterocycles. The van der Waals surface area contributed by atoms with E-state index in [9.17, 15) is 14.0 Å². The molecule has 7 nitrogen and oxygen atoms in total. The minimum atomic E-state index is -0.795. The third kappa shape index (κ3) is 5.11.